The van der Waals surface area contributed by atoms with Crippen LogP contribution in [0, 0.1) is 5.41 Å². The van der Waals surface area contributed by atoms with E-state index in [4.69, 9.17) is 0 Å². The molecule has 1 saturated heterocycles. The van der Waals surface area contributed by atoms with E-state index in [0.717, 1.165) is 31.5 Å². The summed E-state index contributed by atoms with van der Waals surface area (Å²) in [7, 11) is 1.84. The lowest BCUT2D eigenvalue weighted by molar-refractivity contribution is 0.0810. The predicted molar refractivity (Wildman–Crippen MR) is 57.7 cm³/mol. The number of carbonyl (C=O) groups is 1. The Balaban J connectivity index is 2.26. The van der Waals surface area contributed by atoms with Crippen molar-refractivity contribution >= 4 is 5.78 Å². The first-order valence-electron chi connectivity index (χ1n) is 5.42. The van der Waals surface area contributed by atoms with Gasteiger partial charge in [0, 0.05) is 25.2 Å². The highest BCUT2D eigenvalue weighted by atomic mass is 16.1. The van der Waals surface area contributed by atoms with Gasteiger partial charge >= 0.3 is 0 Å². The summed E-state index contributed by atoms with van der Waals surface area (Å²) in [5.41, 5.74) is 0.548. The van der Waals surface area contributed by atoms with Crippen molar-refractivity contribution in [2.75, 3.05) is 13.1 Å². The van der Waals surface area contributed by atoms with Gasteiger partial charge in [-0.1, -0.05) is 6.92 Å². The molecule has 4 nitrogen and oxygen atoms in total. The predicted octanol–water partition coefficient (Wildman–Crippen LogP) is 0.992. The first-order chi connectivity index (χ1) is 7.18. The van der Waals surface area contributed by atoms with E-state index in [2.05, 4.69) is 17.3 Å². The molecule has 15 heavy (non-hydrogen) atoms. The molecular formula is C11H17N3O. The van der Waals surface area contributed by atoms with E-state index in [9.17, 15) is 4.79 Å². The second-order valence-electron chi connectivity index (χ2n) is 4.29. The van der Waals surface area contributed by atoms with E-state index in [-0.39, 0.29) is 11.2 Å². The van der Waals surface area contributed by atoms with Gasteiger partial charge in [0.2, 0.25) is 0 Å². The van der Waals surface area contributed by atoms with Gasteiger partial charge in [0.25, 0.3) is 0 Å². The molecule has 0 spiro atoms. The summed E-state index contributed by atoms with van der Waals surface area (Å²) < 4.78 is 1.68. The van der Waals surface area contributed by atoms with Gasteiger partial charge in [0.05, 0.1) is 11.8 Å². The van der Waals surface area contributed by atoms with Crippen molar-refractivity contribution in [3.05, 3.63) is 18.0 Å². The smallest absolute Gasteiger partial charge is 0.173 e. The lowest BCUT2D eigenvalue weighted by Gasteiger charge is -2.23. The molecule has 1 unspecified atom stereocenters. The molecule has 1 aromatic heterocycles. The maximum Gasteiger partial charge on any atom is 0.173 e. The topological polar surface area (TPSA) is 46.9 Å². The second-order valence-corrected chi connectivity index (χ2v) is 4.29. The number of nitrogens with one attached hydrogen (secondary N) is 1. The van der Waals surface area contributed by atoms with Gasteiger partial charge < -0.3 is 5.32 Å². The molecule has 0 bridgehead atoms. The van der Waals surface area contributed by atoms with E-state index in [1.165, 1.54) is 0 Å². The number of Topliss-reactive ketones (excluding diaryl/α,β-unsaturated/α-hetero) is 1. The molecule has 0 amide bonds. The first-order valence-corrected chi connectivity index (χ1v) is 5.42. The molecular weight excluding hydrogens is 190 g/mol. The minimum Gasteiger partial charge on any atom is -0.316 e. The summed E-state index contributed by atoms with van der Waals surface area (Å²) in [5, 5.41) is 7.32. The largest absolute Gasteiger partial charge is 0.316 e. The van der Waals surface area contributed by atoms with Crippen LogP contribution in [-0.4, -0.2) is 28.7 Å². The molecule has 1 aromatic rings. The molecule has 0 radical (unpaired) electrons. The van der Waals surface area contributed by atoms with E-state index >= 15 is 0 Å². The number of nitrogens with zero attached hydrogens (tertiary/aromatic N) is 2. The highest BCUT2D eigenvalue weighted by Crippen LogP contribution is 2.33. The SMILES string of the molecule is CCC1(C(=O)c2cnn(C)c2)CCNC1. The summed E-state index contributed by atoms with van der Waals surface area (Å²) in [6.45, 7) is 3.83. The maximum absolute atomic E-state index is 12.3. The van der Waals surface area contributed by atoms with Gasteiger partial charge in [-0.2, -0.15) is 5.10 Å². The Bertz CT molecular complexity index is 364. The van der Waals surface area contributed by atoms with Crippen LogP contribution in [0.5, 0.6) is 0 Å². The highest BCUT2D eigenvalue weighted by Gasteiger charge is 2.40. The molecule has 1 N–H and O–H groups in total. The molecule has 0 aliphatic carbocycles. The van der Waals surface area contributed by atoms with Gasteiger partial charge in [0.1, 0.15) is 0 Å². The van der Waals surface area contributed by atoms with Crippen LogP contribution < -0.4 is 5.32 Å². The van der Waals surface area contributed by atoms with Crippen molar-refractivity contribution in [1.29, 1.82) is 0 Å². The number of aromatic nitrogens is 2. The van der Waals surface area contributed by atoms with Crippen molar-refractivity contribution in [2.24, 2.45) is 12.5 Å². The fraction of sp³-hybridized carbons (Fsp3) is 0.636. The van der Waals surface area contributed by atoms with Crippen molar-refractivity contribution in [3.8, 4) is 0 Å². The van der Waals surface area contributed by atoms with Crippen LogP contribution in [0.3, 0.4) is 0 Å². The Morgan fingerprint density at radius 3 is 3.00 bits per heavy atom. The lowest BCUT2D eigenvalue weighted by atomic mass is 9.78. The second kappa shape index (κ2) is 3.77. The van der Waals surface area contributed by atoms with Crippen LogP contribution in [0.15, 0.2) is 12.4 Å². The molecule has 82 valence electrons. The number of rotatable bonds is 3. The third kappa shape index (κ3) is 1.69. The number of hydrogen-bond acceptors (Lipinski definition) is 3. The molecule has 1 fully saturated rings. The van der Waals surface area contributed by atoms with Crippen molar-refractivity contribution in [2.45, 2.75) is 19.8 Å². The fourth-order valence-electron chi connectivity index (χ4n) is 2.24. The Kier molecular flexibility index (Phi) is 2.61. The van der Waals surface area contributed by atoms with Gasteiger partial charge in [-0.15, -0.1) is 0 Å². The summed E-state index contributed by atoms with van der Waals surface area (Å²) in [6.07, 6.45) is 5.31. The van der Waals surface area contributed by atoms with Gasteiger partial charge in [-0.3, -0.25) is 9.48 Å². The standard InChI is InChI=1S/C11H17N3O/c1-3-11(4-5-12-8-11)10(15)9-6-13-14(2)7-9/h6-7,12H,3-5,8H2,1-2H3. The summed E-state index contributed by atoms with van der Waals surface area (Å²) in [4.78, 5) is 12.3. The van der Waals surface area contributed by atoms with Crippen LogP contribution in [0.1, 0.15) is 30.1 Å². The Morgan fingerprint density at radius 1 is 1.73 bits per heavy atom. The number of aryl methyl sites for hydroxylation is 1. The van der Waals surface area contributed by atoms with Crippen LogP contribution in [0.2, 0.25) is 0 Å². The summed E-state index contributed by atoms with van der Waals surface area (Å²) in [5.74, 6) is 0.239. The zero-order valence-corrected chi connectivity index (χ0v) is 9.29. The summed E-state index contributed by atoms with van der Waals surface area (Å²) in [6, 6.07) is 0. The van der Waals surface area contributed by atoms with Crippen LogP contribution >= 0.6 is 0 Å². The molecule has 0 saturated carbocycles. The average molecular weight is 207 g/mol. The summed E-state index contributed by atoms with van der Waals surface area (Å²) >= 11 is 0. The minimum absolute atomic E-state index is 0.191. The molecule has 1 aliphatic heterocycles. The lowest BCUT2D eigenvalue weighted by Crippen LogP contribution is -2.32. The molecule has 2 heterocycles. The third-order valence-corrected chi connectivity index (χ3v) is 3.37. The monoisotopic (exact) mass is 207 g/mol. The third-order valence-electron chi connectivity index (χ3n) is 3.37. The van der Waals surface area contributed by atoms with Crippen LogP contribution in [0.4, 0.5) is 0 Å². The van der Waals surface area contributed by atoms with E-state index in [1.54, 1.807) is 17.1 Å². The fourth-order valence-corrected chi connectivity index (χ4v) is 2.24. The molecule has 2 rings (SSSR count). The van der Waals surface area contributed by atoms with E-state index < -0.39 is 0 Å². The normalized spacial score (nSPS) is 25.7. The molecule has 0 aromatic carbocycles. The maximum atomic E-state index is 12.3. The first kappa shape index (κ1) is 10.4. The van der Waals surface area contributed by atoms with Gasteiger partial charge in [-0.25, -0.2) is 0 Å². The van der Waals surface area contributed by atoms with Crippen molar-refractivity contribution in [3.63, 3.8) is 0 Å². The van der Waals surface area contributed by atoms with Crippen molar-refractivity contribution < 1.29 is 4.79 Å². The number of ketones is 1. The molecule has 4 heteroatoms. The number of carbonyl (C=O) groups excluding carboxylic acids is 1. The van der Waals surface area contributed by atoms with E-state index in [1.807, 2.05) is 7.05 Å². The minimum atomic E-state index is -0.191. The quantitative estimate of drug-likeness (QED) is 0.752. The molecule has 1 atom stereocenters. The molecule has 1 aliphatic rings. The Labute approximate surface area is 89.7 Å². The average Bonchev–Trinajstić information content (AvgIpc) is 2.86. The Hall–Kier alpha value is -1.16. The van der Waals surface area contributed by atoms with Crippen molar-refractivity contribution in [1.82, 2.24) is 15.1 Å². The number of hydrogen-bond donors (Lipinski definition) is 1. The Morgan fingerprint density at radius 2 is 2.53 bits per heavy atom. The van der Waals surface area contributed by atoms with Crippen LogP contribution in [-0.2, 0) is 7.05 Å². The van der Waals surface area contributed by atoms with E-state index in [0.29, 0.717) is 0 Å². The zero-order chi connectivity index (χ0) is 10.9. The highest BCUT2D eigenvalue weighted by molar-refractivity contribution is 6.00. The van der Waals surface area contributed by atoms with Gasteiger partial charge in [0.15, 0.2) is 5.78 Å². The zero-order valence-electron chi connectivity index (χ0n) is 9.29. The van der Waals surface area contributed by atoms with Crippen LogP contribution in [0.25, 0.3) is 0 Å². The van der Waals surface area contributed by atoms with Gasteiger partial charge in [-0.05, 0) is 19.4 Å².